The number of nitrogens with zero attached hydrogens (tertiary/aromatic N) is 6. The molecule has 1 saturated carbocycles. The van der Waals surface area contributed by atoms with Gasteiger partial charge in [-0.3, -0.25) is 14.5 Å². The van der Waals surface area contributed by atoms with Crippen LogP contribution in [0.1, 0.15) is 18.5 Å². The summed E-state index contributed by atoms with van der Waals surface area (Å²) in [5.74, 6) is 0.761. The second kappa shape index (κ2) is 6.98. The molecule has 5 aromatic rings. The Hall–Kier alpha value is -4.07. The first-order valence-electron chi connectivity index (χ1n) is 10.6. The number of anilines is 1. The molecule has 0 unspecified atom stereocenters. The molecule has 4 aromatic heterocycles. The van der Waals surface area contributed by atoms with Crippen molar-refractivity contribution in [2.45, 2.75) is 25.8 Å². The van der Waals surface area contributed by atoms with Gasteiger partial charge >= 0.3 is 0 Å². The minimum Gasteiger partial charge on any atom is -0.367 e. The number of hydrogen-bond donors (Lipinski definition) is 1. The van der Waals surface area contributed by atoms with Gasteiger partial charge in [0, 0.05) is 42.1 Å². The summed E-state index contributed by atoms with van der Waals surface area (Å²) in [5, 5.41) is 13.4. The summed E-state index contributed by atoms with van der Waals surface area (Å²) in [6.45, 7) is 1.92. The van der Waals surface area contributed by atoms with E-state index in [1.807, 2.05) is 62.6 Å². The Morgan fingerprint density at radius 3 is 2.66 bits per heavy atom. The Morgan fingerprint density at radius 1 is 1.03 bits per heavy atom. The van der Waals surface area contributed by atoms with Crippen molar-refractivity contribution in [1.82, 2.24) is 29.5 Å². The average molecular weight is 423 g/mol. The van der Waals surface area contributed by atoms with Crippen molar-refractivity contribution in [3.8, 4) is 16.8 Å². The molecule has 1 N–H and O–H groups in total. The molecule has 158 valence electrons. The Labute approximate surface area is 183 Å². The number of rotatable bonds is 4. The first-order chi connectivity index (χ1) is 15.5. The highest BCUT2D eigenvalue weighted by Crippen LogP contribution is 2.28. The van der Waals surface area contributed by atoms with E-state index in [0.29, 0.717) is 28.3 Å². The Bertz CT molecular complexity index is 1550. The molecule has 0 radical (unpaired) electrons. The first kappa shape index (κ1) is 18.7. The van der Waals surface area contributed by atoms with Crippen LogP contribution in [0, 0.1) is 6.92 Å². The molecule has 0 spiro atoms. The molecule has 0 atom stereocenters. The van der Waals surface area contributed by atoms with Crippen LogP contribution in [0.25, 0.3) is 38.8 Å². The fraction of sp³-hybridized carbons (Fsp3) is 0.208. The van der Waals surface area contributed by atoms with Gasteiger partial charge < -0.3 is 5.32 Å². The first-order valence-corrected chi connectivity index (χ1v) is 10.6. The van der Waals surface area contributed by atoms with Crippen molar-refractivity contribution in [1.29, 1.82) is 0 Å². The second-order valence-electron chi connectivity index (χ2n) is 8.31. The highest BCUT2D eigenvalue weighted by Gasteiger charge is 2.22. The summed E-state index contributed by atoms with van der Waals surface area (Å²) in [7, 11) is 1.88. The highest BCUT2D eigenvalue weighted by molar-refractivity contribution is 5.91. The van der Waals surface area contributed by atoms with E-state index >= 15 is 0 Å². The summed E-state index contributed by atoms with van der Waals surface area (Å²) >= 11 is 0. The minimum absolute atomic E-state index is 0.234. The molecule has 0 amide bonds. The maximum atomic E-state index is 13.7. The molecule has 1 aromatic carbocycles. The van der Waals surface area contributed by atoms with Gasteiger partial charge in [-0.2, -0.15) is 14.9 Å². The van der Waals surface area contributed by atoms with E-state index in [9.17, 15) is 4.79 Å². The van der Waals surface area contributed by atoms with Gasteiger partial charge in [0.2, 0.25) is 0 Å². The number of aryl methyl sites for hydroxylation is 2. The number of aromatic nitrogens is 6. The van der Waals surface area contributed by atoms with E-state index in [1.165, 1.54) is 4.68 Å². The standard InChI is InChI=1S/C24H21N7O/c1-14-3-4-15(12-25-14)22-23-20(9-10-21(27-23)26-17-5-6-17)29-31(24(22)32)18-7-8-19-16(11-18)13-30(2)28-19/h3-4,7-13,17H,5-6H2,1-2H3,(H,26,27). The number of hydrogen-bond acceptors (Lipinski definition) is 6. The quantitative estimate of drug-likeness (QED) is 0.475. The van der Waals surface area contributed by atoms with Gasteiger partial charge in [0.15, 0.2) is 0 Å². The topological polar surface area (TPSA) is 90.5 Å². The van der Waals surface area contributed by atoms with Crippen LogP contribution in [0.5, 0.6) is 0 Å². The van der Waals surface area contributed by atoms with E-state index in [0.717, 1.165) is 40.8 Å². The Kier molecular flexibility index (Phi) is 4.07. The fourth-order valence-corrected chi connectivity index (χ4v) is 3.91. The van der Waals surface area contributed by atoms with Crippen molar-refractivity contribution in [2.75, 3.05) is 5.32 Å². The van der Waals surface area contributed by atoms with Crippen molar-refractivity contribution in [3.63, 3.8) is 0 Å². The number of fused-ring (bicyclic) bond motifs is 2. The SMILES string of the molecule is Cc1ccc(-c2c(=O)n(-c3ccc4nn(C)cc4c3)nc3ccc(NC4CC4)nc23)cn1. The van der Waals surface area contributed by atoms with Crippen molar-refractivity contribution < 1.29 is 0 Å². The zero-order chi connectivity index (χ0) is 21.8. The Balaban J connectivity index is 1.61. The lowest BCUT2D eigenvalue weighted by atomic mass is 10.1. The van der Waals surface area contributed by atoms with Crippen LogP contribution in [0.2, 0.25) is 0 Å². The lowest BCUT2D eigenvalue weighted by Crippen LogP contribution is -2.24. The van der Waals surface area contributed by atoms with E-state index in [4.69, 9.17) is 4.98 Å². The number of benzene rings is 1. The normalized spacial score (nSPS) is 13.7. The summed E-state index contributed by atoms with van der Waals surface area (Å²) in [4.78, 5) is 22.9. The maximum Gasteiger partial charge on any atom is 0.281 e. The van der Waals surface area contributed by atoms with Crippen LogP contribution in [0.3, 0.4) is 0 Å². The smallest absolute Gasteiger partial charge is 0.281 e. The lowest BCUT2D eigenvalue weighted by molar-refractivity contribution is 0.780. The molecule has 0 saturated heterocycles. The molecule has 4 heterocycles. The van der Waals surface area contributed by atoms with E-state index in [-0.39, 0.29) is 5.56 Å². The van der Waals surface area contributed by atoms with Crippen molar-refractivity contribution >= 4 is 27.8 Å². The zero-order valence-corrected chi connectivity index (χ0v) is 17.8. The molecule has 1 fully saturated rings. The lowest BCUT2D eigenvalue weighted by Gasteiger charge is -2.12. The van der Waals surface area contributed by atoms with E-state index in [2.05, 4.69) is 20.5 Å². The third-order valence-electron chi connectivity index (χ3n) is 5.70. The second-order valence-corrected chi connectivity index (χ2v) is 8.31. The maximum absolute atomic E-state index is 13.7. The van der Waals surface area contributed by atoms with Crippen LogP contribution in [-0.2, 0) is 7.05 Å². The molecule has 1 aliphatic rings. The molecular weight excluding hydrogens is 402 g/mol. The molecule has 0 bridgehead atoms. The summed E-state index contributed by atoms with van der Waals surface area (Å²) in [5.41, 5.74) is 4.64. The molecule has 32 heavy (non-hydrogen) atoms. The predicted octanol–water partition coefficient (Wildman–Crippen LogP) is 3.61. The molecule has 1 aliphatic carbocycles. The Morgan fingerprint density at radius 2 is 1.88 bits per heavy atom. The number of pyridine rings is 2. The molecule has 6 rings (SSSR count). The van der Waals surface area contributed by atoms with Crippen LogP contribution in [0.4, 0.5) is 5.82 Å². The largest absolute Gasteiger partial charge is 0.367 e. The van der Waals surface area contributed by atoms with Gasteiger partial charge in [0.1, 0.15) is 16.9 Å². The zero-order valence-electron chi connectivity index (χ0n) is 17.8. The molecule has 8 heteroatoms. The van der Waals surface area contributed by atoms with Crippen LogP contribution >= 0.6 is 0 Å². The van der Waals surface area contributed by atoms with Crippen LogP contribution in [-0.4, -0.2) is 35.6 Å². The van der Waals surface area contributed by atoms with Gasteiger partial charge in [-0.25, -0.2) is 4.98 Å². The summed E-state index contributed by atoms with van der Waals surface area (Å²) in [6, 6.07) is 13.8. The van der Waals surface area contributed by atoms with E-state index < -0.39 is 0 Å². The third-order valence-corrected chi connectivity index (χ3v) is 5.70. The monoisotopic (exact) mass is 423 g/mol. The van der Waals surface area contributed by atoms with Gasteiger partial charge in [-0.15, -0.1) is 0 Å². The van der Waals surface area contributed by atoms with Crippen LogP contribution < -0.4 is 10.9 Å². The average Bonchev–Trinajstić information content (AvgIpc) is 3.51. The van der Waals surface area contributed by atoms with Gasteiger partial charge in [0.25, 0.3) is 5.56 Å². The third kappa shape index (κ3) is 3.20. The summed E-state index contributed by atoms with van der Waals surface area (Å²) in [6.07, 6.45) is 5.94. The van der Waals surface area contributed by atoms with Gasteiger partial charge in [-0.05, 0) is 56.2 Å². The van der Waals surface area contributed by atoms with Crippen molar-refractivity contribution in [3.05, 3.63) is 70.9 Å². The summed E-state index contributed by atoms with van der Waals surface area (Å²) < 4.78 is 3.20. The fourth-order valence-electron chi connectivity index (χ4n) is 3.91. The minimum atomic E-state index is -0.234. The highest BCUT2D eigenvalue weighted by atomic mass is 16.1. The molecular formula is C24H21N7O. The predicted molar refractivity (Wildman–Crippen MR) is 124 cm³/mol. The molecule has 0 aliphatic heterocycles. The van der Waals surface area contributed by atoms with Gasteiger partial charge in [0.05, 0.1) is 16.8 Å². The molecule has 8 nitrogen and oxygen atoms in total. The van der Waals surface area contributed by atoms with Crippen LogP contribution in [0.15, 0.2) is 59.7 Å². The van der Waals surface area contributed by atoms with Crippen molar-refractivity contribution in [2.24, 2.45) is 7.05 Å². The number of nitrogens with one attached hydrogen (secondary N) is 1. The van der Waals surface area contributed by atoms with Gasteiger partial charge in [-0.1, -0.05) is 6.07 Å². The van der Waals surface area contributed by atoms with E-state index in [1.54, 1.807) is 10.9 Å².